The molecule has 2 saturated heterocycles. The third kappa shape index (κ3) is 3.28. The van der Waals surface area contributed by atoms with Crippen molar-refractivity contribution in [1.82, 2.24) is 10.3 Å². The Morgan fingerprint density at radius 2 is 1.77 bits per heavy atom. The van der Waals surface area contributed by atoms with Crippen LogP contribution in [-0.2, 0) is 26.3 Å². The molecule has 0 unspecified atom stereocenters. The van der Waals surface area contributed by atoms with Gasteiger partial charge in [-0.2, -0.15) is 0 Å². The van der Waals surface area contributed by atoms with Crippen molar-refractivity contribution in [2.24, 2.45) is 11.8 Å². The Morgan fingerprint density at radius 3 is 2.54 bits per heavy atom. The highest BCUT2D eigenvalue weighted by molar-refractivity contribution is 6.31. The molecule has 1 spiro atoms. The second kappa shape index (κ2) is 8.36. The van der Waals surface area contributed by atoms with E-state index >= 15 is 0 Å². The lowest BCUT2D eigenvalue weighted by Crippen LogP contribution is -2.53. The van der Waals surface area contributed by atoms with Crippen LogP contribution in [0.15, 0.2) is 72.9 Å². The molecule has 8 nitrogen and oxygen atoms in total. The molecule has 3 aliphatic heterocycles. The molecule has 2 fully saturated rings. The molecule has 39 heavy (non-hydrogen) atoms. The Bertz CT molecular complexity index is 1730. The first-order valence-corrected chi connectivity index (χ1v) is 13.1. The third-order valence-corrected chi connectivity index (χ3v) is 8.56. The highest BCUT2D eigenvalue weighted by Crippen LogP contribution is 2.54. The molecule has 9 heteroatoms. The number of benzene rings is 3. The van der Waals surface area contributed by atoms with Gasteiger partial charge in [0.25, 0.3) is 0 Å². The highest BCUT2D eigenvalue weighted by Gasteiger charge is 2.70. The fraction of sp³-hybridized carbons (Fsp3) is 0.200. The van der Waals surface area contributed by atoms with Gasteiger partial charge in [-0.15, -0.1) is 0 Å². The van der Waals surface area contributed by atoms with Crippen LogP contribution in [0.4, 0.5) is 11.4 Å². The van der Waals surface area contributed by atoms with E-state index in [0.717, 1.165) is 16.5 Å². The number of H-pyrrole nitrogens is 1. The number of anilines is 2. The van der Waals surface area contributed by atoms with Crippen molar-refractivity contribution in [3.63, 3.8) is 0 Å². The Labute approximate surface area is 228 Å². The molecular weight excluding hydrogens is 516 g/mol. The Balaban J connectivity index is 1.36. The van der Waals surface area contributed by atoms with Gasteiger partial charge in [-0.05, 0) is 67.4 Å². The monoisotopic (exact) mass is 538 g/mol. The van der Waals surface area contributed by atoms with E-state index in [9.17, 15) is 19.2 Å². The first-order chi connectivity index (χ1) is 18.8. The number of ketones is 1. The van der Waals surface area contributed by atoms with E-state index < -0.39 is 29.3 Å². The molecule has 3 amide bonds. The average molecular weight is 539 g/mol. The Morgan fingerprint density at radius 1 is 1.00 bits per heavy atom. The summed E-state index contributed by atoms with van der Waals surface area (Å²) < 4.78 is 0. The largest absolute Gasteiger partial charge is 0.361 e. The molecule has 0 aliphatic carbocycles. The molecule has 3 aromatic carbocycles. The van der Waals surface area contributed by atoms with Crippen LogP contribution in [0.25, 0.3) is 10.9 Å². The summed E-state index contributed by atoms with van der Waals surface area (Å²) in [6, 6.07) is 18.8. The average Bonchev–Trinajstić information content (AvgIpc) is 3.63. The summed E-state index contributed by atoms with van der Waals surface area (Å²) in [5, 5.41) is 7.81. The number of carbonyl (C=O) groups is 4. The normalized spacial score (nSPS) is 25.4. The maximum atomic E-state index is 14.2. The SMILES string of the molecule is CC(=O)c1ccc(N2C(=O)[C@H]3[C@@H](C2=O)[C@]2(N[C@@H]3Cc3c[nH]c4ccccc34)C(=O)Nc3ccc(Cl)cc32)cc1. The van der Waals surface area contributed by atoms with Crippen molar-refractivity contribution in [2.45, 2.75) is 24.9 Å². The van der Waals surface area contributed by atoms with Gasteiger partial charge in [0, 0.05) is 45.0 Å². The van der Waals surface area contributed by atoms with Crippen LogP contribution in [0.3, 0.4) is 0 Å². The van der Waals surface area contributed by atoms with Crippen molar-refractivity contribution < 1.29 is 19.2 Å². The van der Waals surface area contributed by atoms with Crippen molar-refractivity contribution in [3.8, 4) is 0 Å². The molecule has 3 N–H and O–H groups in total. The van der Waals surface area contributed by atoms with Crippen LogP contribution in [-0.4, -0.2) is 34.5 Å². The lowest BCUT2D eigenvalue weighted by Gasteiger charge is -2.29. The number of para-hydroxylation sites is 1. The number of imide groups is 1. The van der Waals surface area contributed by atoms with E-state index in [-0.39, 0.29) is 17.6 Å². The van der Waals surface area contributed by atoms with E-state index in [1.165, 1.54) is 11.8 Å². The summed E-state index contributed by atoms with van der Waals surface area (Å²) in [4.78, 5) is 58.2. The molecule has 0 bridgehead atoms. The van der Waals surface area contributed by atoms with Gasteiger partial charge >= 0.3 is 0 Å². The predicted molar refractivity (Wildman–Crippen MR) is 147 cm³/mol. The summed E-state index contributed by atoms with van der Waals surface area (Å²) in [5.41, 5.74) is 2.46. The second-order valence-corrected chi connectivity index (χ2v) is 10.8. The van der Waals surface area contributed by atoms with Crippen LogP contribution in [0.5, 0.6) is 0 Å². The summed E-state index contributed by atoms with van der Waals surface area (Å²) in [5.74, 6) is -3.11. The van der Waals surface area contributed by atoms with Gasteiger partial charge in [0.1, 0.15) is 5.54 Å². The number of Topliss-reactive ketones (excluding diaryl/α,β-unsaturated/α-hetero) is 1. The Kier molecular flexibility index (Phi) is 5.11. The number of nitrogens with one attached hydrogen (secondary N) is 3. The van der Waals surface area contributed by atoms with Crippen LogP contribution in [0, 0.1) is 11.8 Å². The minimum Gasteiger partial charge on any atom is -0.361 e. The number of hydrogen-bond donors (Lipinski definition) is 3. The third-order valence-electron chi connectivity index (χ3n) is 8.32. The first-order valence-electron chi connectivity index (χ1n) is 12.7. The van der Waals surface area contributed by atoms with Gasteiger partial charge in [-0.1, -0.05) is 29.8 Å². The van der Waals surface area contributed by atoms with Crippen molar-refractivity contribution >= 4 is 57.4 Å². The van der Waals surface area contributed by atoms with Crippen LogP contribution in [0.2, 0.25) is 5.02 Å². The number of aromatic amines is 1. The molecule has 1 aromatic heterocycles. The van der Waals surface area contributed by atoms with Crippen LogP contribution in [0.1, 0.15) is 28.4 Å². The van der Waals surface area contributed by atoms with E-state index in [1.54, 1.807) is 42.5 Å². The van der Waals surface area contributed by atoms with Crippen molar-refractivity contribution in [2.75, 3.05) is 10.2 Å². The molecule has 7 rings (SSSR count). The van der Waals surface area contributed by atoms with Gasteiger partial charge in [-0.25, -0.2) is 4.90 Å². The number of carbonyl (C=O) groups excluding carboxylic acids is 4. The summed E-state index contributed by atoms with van der Waals surface area (Å²) in [6.07, 6.45) is 2.33. The number of amides is 3. The first kappa shape index (κ1) is 23.8. The molecule has 0 radical (unpaired) electrons. The quantitative estimate of drug-likeness (QED) is 0.266. The minimum atomic E-state index is -1.46. The topological polar surface area (TPSA) is 111 Å². The molecule has 194 valence electrons. The minimum absolute atomic E-state index is 0.115. The number of nitrogens with zero attached hydrogens (tertiary/aromatic N) is 1. The van der Waals surface area contributed by atoms with Crippen LogP contribution >= 0.6 is 11.6 Å². The van der Waals surface area contributed by atoms with Gasteiger partial charge in [0.15, 0.2) is 5.78 Å². The lowest BCUT2D eigenvalue weighted by molar-refractivity contribution is -0.130. The Hall–Kier alpha value is -4.27. The van der Waals surface area contributed by atoms with E-state index in [4.69, 9.17) is 11.6 Å². The van der Waals surface area contributed by atoms with Crippen molar-refractivity contribution in [1.29, 1.82) is 0 Å². The van der Waals surface area contributed by atoms with Gasteiger partial charge in [0.2, 0.25) is 17.7 Å². The zero-order chi connectivity index (χ0) is 27.1. The molecule has 4 atom stereocenters. The zero-order valence-corrected chi connectivity index (χ0v) is 21.6. The van der Waals surface area contributed by atoms with Gasteiger partial charge in [0.05, 0.1) is 17.5 Å². The molecule has 3 aliphatic rings. The summed E-state index contributed by atoms with van der Waals surface area (Å²) in [6.45, 7) is 1.46. The van der Waals surface area contributed by atoms with Gasteiger partial charge in [-0.3, -0.25) is 24.5 Å². The number of halogens is 1. The predicted octanol–water partition coefficient (Wildman–Crippen LogP) is 4.19. The fourth-order valence-corrected chi connectivity index (χ4v) is 6.76. The summed E-state index contributed by atoms with van der Waals surface area (Å²) >= 11 is 6.36. The maximum absolute atomic E-state index is 14.2. The number of fused-ring (bicyclic) bond motifs is 5. The molecule has 4 aromatic rings. The van der Waals surface area contributed by atoms with E-state index in [1.807, 2.05) is 30.5 Å². The number of aromatic nitrogens is 1. The highest BCUT2D eigenvalue weighted by atomic mass is 35.5. The zero-order valence-electron chi connectivity index (χ0n) is 20.8. The lowest BCUT2D eigenvalue weighted by atomic mass is 9.76. The van der Waals surface area contributed by atoms with Crippen LogP contribution < -0.4 is 15.5 Å². The summed E-state index contributed by atoms with van der Waals surface area (Å²) in [7, 11) is 0. The van der Waals surface area contributed by atoms with E-state index in [2.05, 4.69) is 15.6 Å². The molecule has 4 heterocycles. The smallest absolute Gasteiger partial charge is 0.250 e. The standard InChI is InChI=1S/C30H23ClN4O4/c1-15(36)16-6-9-19(10-7-16)35-27(37)25-24(12-17-14-32-22-5-3-2-4-20(17)22)34-30(26(25)28(35)38)21-13-18(31)8-11-23(21)33-29(30)39/h2-11,13-14,24-26,32,34H,12H2,1H3,(H,33,39)/t24-,25-,26+,30+/m1/s1. The molecule has 0 saturated carbocycles. The maximum Gasteiger partial charge on any atom is 0.250 e. The van der Waals surface area contributed by atoms with E-state index in [0.29, 0.717) is 33.9 Å². The number of rotatable bonds is 4. The molecular formula is C30H23ClN4O4. The number of hydrogen-bond acceptors (Lipinski definition) is 5. The second-order valence-electron chi connectivity index (χ2n) is 10.4. The van der Waals surface area contributed by atoms with Gasteiger partial charge < -0.3 is 10.3 Å². The van der Waals surface area contributed by atoms with Crippen molar-refractivity contribution in [3.05, 3.63) is 94.6 Å². The fourth-order valence-electron chi connectivity index (χ4n) is 6.59.